The first-order valence-corrected chi connectivity index (χ1v) is 26.6. The summed E-state index contributed by atoms with van der Waals surface area (Å²) in [6.07, 6.45) is 22.7. The van der Waals surface area contributed by atoms with Crippen LogP contribution in [0, 0.1) is 0 Å². The average molecular weight is 994 g/mol. The first kappa shape index (κ1) is 61.3. The highest BCUT2D eigenvalue weighted by molar-refractivity contribution is 6.06. The van der Waals surface area contributed by atoms with Crippen LogP contribution in [0.15, 0.2) is 30.3 Å². The number of likely N-dealkylation sites (N-methyl/N-ethyl adjacent to an activating group) is 1. The zero-order chi connectivity index (χ0) is 51.9. The van der Waals surface area contributed by atoms with Crippen LogP contribution in [-0.4, -0.2) is 101 Å². The Hall–Kier alpha value is -5.87. The molecule has 0 aliphatic rings. The van der Waals surface area contributed by atoms with Crippen molar-refractivity contribution in [3.8, 4) is 17.2 Å². The summed E-state index contributed by atoms with van der Waals surface area (Å²) in [7, 11) is 1.43. The number of rotatable bonds is 41. The van der Waals surface area contributed by atoms with Crippen molar-refractivity contribution in [1.29, 1.82) is 0 Å². The Balaban J connectivity index is 2.34. The van der Waals surface area contributed by atoms with Gasteiger partial charge in [0.2, 0.25) is 23.6 Å². The fraction of sp³-hybridized carbons (Fsp3) is 0.648. The molecule has 0 radical (unpaired) electrons. The number of ether oxygens (including phenoxy) is 3. The second-order valence-corrected chi connectivity index (χ2v) is 17.9. The average Bonchev–Trinajstić information content (AvgIpc) is 3.37. The molecule has 2 aromatic rings. The molecule has 0 unspecified atom stereocenters. The van der Waals surface area contributed by atoms with Crippen LogP contribution >= 0.6 is 0 Å². The van der Waals surface area contributed by atoms with E-state index in [4.69, 9.17) is 14.2 Å². The molecular weight excluding hydrogens is 907 g/mol. The Morgan fingerprint density at radius 3 is 1.24 bits per heavy atom. The lowest BCUT2D eigenvalue weighted by atomic mass is 10.1. The van der Waals surface area contributed by atoms with E-state index < -0.39 is 55.1 Å². The number of amides is 7. The molecular formula is C54H87N7O10. The van der Waals surface area contributed by atoms with Gasteiger partial charge in [-0.05, 0) is 49.9 Å². The molecule has 0 aliphatic heterocycles. The Morgan fingerprint density at radius 1 is 0.380 bits per heavy atom. The Bertz CT molecular complexity index is 1910. The zero-order valence-corrected chi connectivity index (χ0v) is 43.7. The highest BCUT2D eigenvalue weighted by atomic mass is 16.5. The van der Waals surface area contributed by atoms with E-state index in [1.54, 1.807) is 18.2 Å². The normalized spacial score (nSPS) is 10.7. The number of hydrogen-bond donors (Lipinski definition) is 7. The first-order valence-electron chi connectivity index (χ1n) is 26.6. The maximum atomic E-state index is 14.0. The predicted molar refractivity (Wildman–Crippen MR) is 279 cm³/mol. The van der Waals surface area contributed by atoms with Crippen molar-refractivity contribution in [3.63, 3.8) is 0 Å². The van der Waals surface area contributed by atoms with Gasteiger partial charge in [0.05, 0.1) is 62.7 Å². The van der Waals surface area contributed by atoms with Crippen LogP contribution < -0.4 is 51.4 Å². The van der Waals surface area contributed by atoms with E-state index in [1.807, 2.05) is 0 Å². The van der Waals surface area contributed by atoms with E-state index in [0.29, 0.717) is 36.8 Å². The molecule has 0 atom stereocenters. The third-order valence-corrected chi connectivity index (χ3v) is 11.7. The molecule has 0 heterocycles. The van der Waals surface area contributed by atoms with Crippen LogP contribution in [0.4, 0.5) is 5.69 Å². The minimum atomic E-state index is -0.725. The molecule has 0 saturated heterocycles. The summed E-state index contributed by atoms with van der Waals surface area (Å²) in [5.74, 6) is -3.23. The van der Waals surface area contributed by atoms with E-state index in [9.17, 15) is 33.6 Å². The molecule has 0 bridgehead atoms. The predicted octanol–water partition coefficient (Wildman–Crippen LogP) is 8.29. The third-order valence-electron chi connectivity index (χ3n) is 11.7. The number of nitrogens with one attached hydrogen (secondary N) is 7. The number of unbranched alkanes of at least 4 members (excludes halogenated alkanes) is 18. The van der Waals surface area contributed by atoms with Gasteiger partial charge in [-0.3, -0.25) is 33.6 Å². The molecule has 0 aliphatic carbocycles. The number of anilines is 1. The summed E-state index contributed by atoms with van der Waals surface area (Å²) in [5.41, 5.74) is 0.576. The number of benzene rings is 2. The van der Waals surface area contributed by atoms with Crippen LogP contribution in [0.5, 0.6) is 17.2 Å². The summed E-state index contributed by atoms with van der Waals surface area (Å²) in [5, 5.41) is 18.1. The molecule has 7 N–H and O–H groups in total. The van der Waals surface area contributed by atoms with Gasteiger partial charge in [0.25, 0.3) is 17.7 Å². The summed E-state index contributed by atoms with van der Waals surface area (Å²) in [4.78, 5) is 91.0. The molecule has 398 valence electrons. The van der Waals surface area contributed by atoms with E-state index in [1.165, 1.54) is 38.4 Å². The van der Waals surface area contributed by atoms with Crippen LogP contribution in [-0.2, 0) is 19.2 Å². The zero-order valence-electron chi connectivity index (χ0n) is 43.7. The van der Waals surface area contributed by atoms with Crippen molar-refractivity contribution in [3.05, 3.63) is 47.0 Å². The Labute approximate surface area is 423 Å². The van der Waals surface area contributed by atoms with E-state index in [-0.39, 0.29) is 41.7 Å². The Morgan fingerprint density at radius 2 is 0.761 bits per heavy atom. The van der Waals surface area contributed by atoms with E-state index >= 15 is 0 Å². The molecule has 0 fully saturated rings. The highest BCUT2D eigenvalue weighted by Crippen LogP contribution is 2.31. The third kappa shape index (κ3) is 27.4. The SMILES string of the molecule is CCCCCCCCOc1ccc(NC(=O)CNC(=O)c2cc(C(=O)NCC(=O)NCC(=O)NCC(=O)NC)c(OCCCCCCCC)cc2OCCCCCCCC)cc1C(=O)NCCCCCC. The van der Waals surface area contributed by atoms with Crippen molar-refractivity contribution in [1.82, 2.24) is 31.9 Å². The highest BCUT2D eigenvalue weighted by Gasteiger charge is 2.24. The van der Waals surface area contributed by atoms with Crippen LogP contribution in [0.3, 0.4) is 0 Å². The molecule has 2 aromatic carbocycles. The minimum absolute atomic E-state index is 0.0251. The number of hydrogen-bond acceptors (Lipinski definition) is 10. The molecule has 0 aromatic heterocycles. The van der Waals surface area contributed by atoms with Crippen molar-refractivity contribution in [2.45, 2.75) is 169 Å². The van der Waals surface area contributed by atoms with Gasteiger partial charge in [-0.15, -0.1) is 0 Å². The molecule has 17 nitrogen and oxygen atoms in total. The van der Waals surface area contributed by atoms with Crippen molar-refractivity contribution in [2.24, 2.45) is 0 Å². The summed E-state index contributed by atoms with van der Waals surface area (Å²) >= 11 is 0. The number of carbonyl (C=O) groups is 7. The second-order valence-electron chi connectivity index (χ2n) is 17.9. The smallest absolute Gasteiger partial charge is 0.255 e. The number of carbonyl (C=O) groups excluding carboxylic acids is 7. The summed E-state index contributed by atoms with van der Waals surface area (Å²) in [6, 6.07) is 7.73. The summed E-state index contributed by atoms with van der Waals surface area (Å²) < 4.78 is 18.5. The van der Waals surface area contributed by atoms with Crippen molar-refractivity contribution >= 4 is 47.0 Å². The van der Waals surface area contributed by atoms with Crippen LogP contribution in [0.25, 0.3) is 0 Å². The molecule has 71 heavy (non-hydrogen) atoms. The van der Waals surface area contributed by atoms with E-state index in [2.05, 4.69) is 64.9 Å². The molecule has 0 saturated carbocycles. The Kier molecular flexibility index (Phi) is 33.5. The van der Waals surface area contributed by atoms with Crippen molar-refractivity contribution in [2.75, 3.05) is 64.9 Å². The molecule has 7 amide bonds. The van der Waals surface area contributed by atoms with Gasteiger partial charge in [0, 0.05) is 25.3 Å². The lowest BCUT2D eigenvalue weighted by Crippen LogP contribution is -2.44. The summed E-state index contributed by atoms with van der Waals surface area (Å²) in [6.45, 7) is 8.52. The second kappa shape index (κ2) is 38.8. The topological polar surface area (TPSA) is 231 Å². The standard InChI is InChI=1S/C54H87N7O10/c1-6-10-14-18-21-25-31-69-45-29-28-41(34-42(45)52(66)56-30-24-17-13-9-4)61-51(65)40-60-54(68)44-35-43(53(67)59-39-50(64)58-38-49(63)57-37-48(62)55-5)46(70-32-26-22-19-15-11-7-2)36-47(44)71-33-27-23-20-16-12-8-3/h28-29,34-36H,6-27,30-33,37-40H2,1-5H3,(H,55,62)(H,56,66)(H,57,63)(H,58,64)(H,59,67)(H,60,68)(H,61,65). The fourth-order valence-electron chi connectivity index (χ4n) is 7.40. The molecule has 0 spiro atoms. The van der Waals surface area contributed by atoms with Crippen molar-refractivity contribution < 1.29 is 47.8 Å². The van der Waals surface area contributed by atoms with Gasteiger partial charge in [0.15, 0.2) is 0 Å². The van der Waals surface area contributed by atoms with Gasteiger partial charge in [-0.25, -0.2) is 0 Å². The van der Waals surface area contributed by atoms with Gasteiger partial charge < -0.3 is 51.4 Å². The lowest BCUT2D eigenvalue weighted by Gasteiger charge is -2.18. The largest absolute Gasteiger partial charge is 0.493 e. The minimum Gasteiger partial charge on any atom is -0.493 e. The lowest BCUT2D eigenvalue weighted by molar-refractivity contribution is -0.127. The fourth-order valence-corrected chi connectivity index (χ4v) is 7.40. The quantitative estimate of drug-likeness (QED) is 0.0315. The first-order chi connectivity index (χ1) is 34.5. The maximum absolute atomic E-state index is 14.0. The maximum Gasteiger partial charge on any atom is 0.255 e. The molecule has 2 rings (SSSR count). The van der Waals surface area contributed by atoms with Gasteiger partial charge >= 0.3 is 0 Å². The van der Waals surface area contributed by atoms with Gasteiger partial charge in [-0.2, -0.15) is 0 Å². The molecule has 17 heteroatoms. The van der Waals surface area contributed by atoms with Gasteiger partial charge in [0.1, 0.15) is 17.2 Å². The van der Waals surface area contributed by atoms with E-state index in [0.717, 1.165) is 122 Å². The monoisotopic (exact) mass is 994 g/mol. The van der Waals surface area contributed by atoms with Gasteiger partial charge in [-0.1, -0.05) is 143 Å². The van der Waals surface area contributed by atoms with Crippen LogP contribution in [0.1, 0.15) is 200 Å². The van der Waals surface area contributed by atoms with Crippen LogP contribution in [0.2, 0.25) is 0 Å².